The van der Waals surface area contributed by atoms with Crippen LogP contribution in [0.3, 0.4) is 0 Å². The zero-order valence-corrected chi connectivity index (χ0v) is 15.5. The van der Waals surface area contributed by atoms with E-state index in [1.165, 1.54) is 0 Å². The van der Waals surface area contributed by atoms with Crippen LogP contribution in [0.5, 0.6) is 0 Å². The summed E-state index contributed by atoms with van der Waals surface area (Å²) in [7, 11) is 0. The number of benzene rings is 2. The number of rotatable bonds is 8. The molecule has 1 unspecified atom stereocenters. The van der Waals surface area contributed by atoms with E-state index in [9.17, 15) is 9.59 Å². The molecule has 2 N–H and O–H groups in total. The molecule has 2 amide bonds. The molecule has 0 fully saturated rings. The van der Waals surface area contributed by atoms with E-state index in [-0.39, 0.29) is 24.3 Å². The molecule has 28 heavy (non-hydrogen) atoms. The number of nitrogens with one attached hydrogen (secondary N) is 2. The first-order valence-electron chi connectivity index (χ1n) is 9.28. The number of amides is 2. The second-order valence-electron chi connectivity index (χ2n) is 6.43. The smallest absolute Gasteiger partial charge is 0.224 e. The standard InChI is InChI=1S/C23H23N3O2/c27-21(14-16-25-22(28)17-18-9-3-1-4-10-18)26-23(19-11-5-2-6-12-19)20-13-7-8-15-24-20/h1-13,15,23H,14,16-17H2,(H,25,28)(H,26,27). The van der Waals surface area contributed by atoms with Crippen LogP contribution in [0, 0.1) is 0 Å². The number of hydrogen-bond acceptors (Lipinski definition) is 3. The minimum Gasteiger partial charge on any atom is -0.355 e. The Morgan fingerprint density at radius 3 is 2.18 bits per heavy atom. The Hall–Kier alpha value is -3.47. The van der Waals surface area contributed by atoms with Crippen LogP contribution < -0.4 is 10.6 Å². The normalized spacial score (nSPS) is 11.4. The Bertz CT molecular complexity index is 844. The van der Waals surface area contributed by atoms with Gasteiger partial charge in [0.05, 0.1) is 18.2 Å². The molecule has 1 atom stereocenters. The number of hydrogen-bond donors (Lipinski definition) is 2. The highest BCUT2D eigenvalue weighted by atomic mass is 16.2. The van der Waals surface area contributed by atoms with Crippen LogP contribution >= 0.6 is 0 Å². The van der Waals surface area contributed by atoms with Crippen molar-refractivity contribution in [3.05, 3.63) is 102 Å². The molecule has 2 aromatic carbocycles. The van der Waals surface area contributed by atoms with Crippen LogP contribution in [0.25, 0.3) is 0 Å². The summed E-state index contributed by atoms with van der Waals surface area (Å²) in [4.78, 5) is 28.8. The quantitative estimate of drug-likeness (QED) is 0.638. The molecule has 1 aromatic heterocycles. The first-order chi connectivity index (χ1) is 13.7. The lowest BCUT2D eigenvalue weighted by atomic mass is 10.0. The van der Waals surface area contributed by atoms with Gasteiger partial charge in [-0.15, -0.1) is 0 Å². The lowest BCUT2D eigenvalue weighted by molar-refractivity contribution is -0.122. The molecule has 0 aliphatic heterocycles. The Morgan fingerprint density at radius 1 is 0.821 bits per heavy atom. The van der Waals surface area contributed by atoms with Crippen molar-refractivity contribution in [1.29, 1.82) is 0 Å². The minimum atomic E-state index is -0.324. The summed E-state index contributed by atoms with van der Waals surface area (Å²) < 4.78 is 0. The van der Waals surface area contributed by atoms with Crippen LogP contribution in [0.1, 0.15) is 29.3 Å². The number of aromatic nitrogens is 1. The molecule has 1 heterocycles. The number of pyridine rings is 1. The highest BCUT2D eigenvalue weighted by Gasteiger charge is 2.17. The molecule has 142 valence electrons. The van der Waals surface area contributed by atoms with E-state index in [0.717, 1.165) is 16.8 Å². The van der Waals surface area contributed by atoms with Gasteiger partial charge in [0.2, 0.25) is 11.8 Å². The zero-order valence-electron chi connectivity index (χ0n) is 15.5. The van der Waals surface area contributed by atoms with E-state index >= 15 is 0 Å². The summed E-state index contributed by atoms with van der Waals surface area (Å²) in [5.74, 6) is -0.233. The summed E-state index contributed by atoms with van der Waals surface area (Å²) in [6.07, 6.45) is 2.22. The van der Waals surface area contributed by atoms with Crippen LogP contribution in [0.2, 0.25) is 0 Å². The molecule has 5 nitrogen and oxygen atoms in total. The first-order valence-corrected chi connectivity index (χ1v) is 9.28. The van der Waals surface area contributed by atoms with Crippen LogP contribution in [0.15, 0.2) is 85.1 Å². The monoisotopic (exact) mass is 373 g/mol. The molecule has 0 radical (unpaired) electrons. The predicted octanol–water partition coefficient (Wildman–Crippen LogP) is 3.04. The van der Waals surface area contributed by atoms with E-state index in [0.29, 0.717) is 13.0 Å². The Labute approximate surface area is 164 Å². The molecule has 5 heteroatoms. The van der Waals surface area contributed by atoms with E-state index in [1.807, 2.05) is 78.9 Å². The fourth-order valence-corrected chi connectivity index (χ4v) is 2.91. The highest BCUT2D eigenvalue weighted by Crippen LogP contribution is 2.19. The van der Waals surface area contributed by atoms with Gasteiger partial charge in [0.15, 0.2) is 0 Å². The molecule has 0 saturated heterocycles. The topological polar surface area (TPSA) is 71.1 Å². The molecule has 0 aliphatic carbocycles. The van der Waals surface area contributed by atoms with Crippen molar-refractivity contribution < 1.29 is 9.59 Å². The van der Waals surface area contributed by atoms with Gasteiger partial charge in [-0.05, 0) is 23.3 Å². The molecule has 3 rings (SSSR count). The third kappa shape index (κ3) is 5.77. The molecule has 0 bridgehead atoms. The lowest BCUT2D eigenvalue weighted by Gasteiger charge is -2.19. The first kappa shape index (κ1) is 19.3. The van der Waals surface area contributed by atoms with Crippen LogP contribution in [-0.2, 0) is 16.0 Å². The van der Waals surface area contributed by atoms with Crippen molar-refractivity contribution in [3.8, 4) is 0 Å². The summed E-state index contributed by atoms with van der Waals surface area (Å²) in [5, 5.41) is 5.82. The predicted molar refractivity (Wildman–Crippen MR) is 108 cm³/mol. The van der Waals surface area contributed by atoms with Crippen LogP contribution in [-0.4, -0.2) is 23.3 Å². The van der Waals surface area contributed by atoms with Crippen molar-refractivity contribution in [1.82, 2.24) is 15.6 Å². The van der Waals surface area contributed by atoms with E-state index in [1.54, 1.807) is 6.20 Å². The molecule has 0 saturated carbocycles. The van der Waals surface area contributed by atoms with Crippen molar-refractivity contribution in [2.45, 2.75) is 18.9 Å². The van der Waals surface area contributed by atoms with Crippen LogP contribution in [0.4, 0.5) is 0 Å². The molecule has 0 spiro atoms. The van der Waals surface area contributed by atoms with Gasteiger partial charge in [0.1, 0.15) is 0 Å². The van der Waals surface area contributed by atoms with Crippen molar-refractivity contribution in [2.24, 2.45) is 0 Å². The lowest BCUT2D eigenvalue weighted by Crippen LogP contribution is -2.34. The van der Waals surface area contributed by atoms with Gasteiger partial charge in [0.25, 0.3) is 0 Å². The Kier molecular flexibility index (Phi) is 6.90. The van der Waals surface area contributed by atoms with Gasteiger partial charge in [-0.2, -0.15) is 0 Å². The molecule has 3 aromatic rings. The molecular formula is C23H23N3O2. The highest BCUT2D eigenvalue weighted by molar-refractivity contribution is 5.80. The maximum absolute atomic E-state index is 12.4. The average Bonchev–Trinajstić information content (AvgIpc) is 2.74. The van der Waals surface area contributed by atoms with E-state index in [4.69, 9.17) is 0 Å². The average molecular weight is 373 g/mol. The van der Waals surface area contributed by atoms with Crippen molar-refractivity contribution in [3.63, 3.8) is 0 Å². The SMILES string of the molecule is O=C(Cc1ccccc1)NCCC(=O)NC(c1ccccc1)c1ccccn1. The fourth-order valence-electron chi connectivity index (χ4n) is 2.91. The van der Waals surface area contributed by atoms with Gasteiger partial charge >= 0.3 is 0 Å². The van der Waals surface area contributed by atoms with E-state index < -0.39 is 0 Å². The van der Waals surface area contributed by atoms with E-state index in [2.05, 4.69) is 15.6 Å². The molecule has 0 aliphatic rings. The fraction of sp³-hybridized carbons (Fsp3) is 0.174. The molecular weight excluding hydrogens is 350 g/mol. The Balaban J connectivity index is 1.53. The van der Waals surface area contributed by atoms with Gasteiger partial charge in [-0.1, -0.05) is 66.7 Å². The maximum Gasteiger partial charge on any atom is 0.224 e. The number of nitrogens with zero attached hydrogens (tertiary/aromatic N) is 1. The zero-order chi connectivity index (χ0) is 19.6. The van der Waals surface area contributed by atoms with Gasteiger partial charge in [-0.3, -0.25) is 14.6 Å². The van der Waals surface area contributed by atoms with Crippen molar-refractivity contribution in [2.75, 3.05) is 6.54 Å². The minimum absolute atomic E-state index is 0.0941. The van der Waals surface area contributed by atoms with Gasteiger partial charge < -0.3 is 10.6 Å². The summed E-state index contributed by atoms with van der Waals surface area (Å²) in [6, 6.07) is 24.5. The second-order valence-corrected chi connectivity index (χ2v) is 6.43. The summed E-state index contributed by atoms with van der Waals surface area (Å²) >= 11 is 0. The number of carbonyl (C=O) groups excluding carboxylic acids is 2. The summed E-state index contributed by atoms with van der Waals surface area (Å²) in [5.41, 5.74) is 2.68. The third-order valence-corrected chi connectivity index (χ3v) is 4.30. The second kappa shape index (κ2) is 10.0. The maximum atomic E-state index is 12.4. The third-order valence-electron chi connectivity index (χ3n) is 4.30. The Morgan fingerprint density at radius 2 is 1.50 bits per heavy atom. The summed E-state index contributed by atoms with van der Waals surface area (Å²) in [6.45, 7) is 0.293. The largest absolute Gasteiger partial charge is 0.355 e. The number of carbonyl (C=O) groups is 2. The van der Waals surface area contributed by atoms with Gasteiger partial charge in [0, 0.05) is 19.2 Å². The van der Waals surface area contributed by atoms with Gasteiger partial charge in [-0.25, -0.2) is 0 Å². The van der Waals surface area contributed by atoms with Crippen molar-refractivity contribution >= 4 is 11.8 Å².